The second-order valence-electron chi connectivity index (χ2n) is 6.25. The van der Waals surface area contributed by atoms with E-state index >= 15 is 0 Å². The molecule has 0 aromatic carbocycles. The number of aromatic nitrogens is 1. The van der Waals surface area contributed by atoms with Gasteiger partial charge in [0, 0.05) is 23.8 Å². The molecule has 1 amide bonds. The summed E-state index contributed by atoms with van der Waals surface area (Å²) in [4.78, 5) is 21.1. The quantitative estimate of drug-likeness (QED) is 0.906. The summed E-state index contributed by atoms with van der Waals surface area (Å²) >= 11 is 1.76. The molecule has 1 saturated carbocycles. The zero-order valence-electron chi connectivity index (χ0n) is 11.7. The van der Waals surface area contributed by atoms with E-state index in [-0.39, 0.29) is 12.0 Å². The summed E-state index contributed by atoms with van der Waals surface area (Å²) < 4.78 is 0. The van der Waals surface area contributed by atoms with Gasteiger partial charge in [-0.15, -0.1) is 11.3 Å². The fourth-order valence-electron chi connectivity index (χ4n) is 3.66. The van der Waals surface area contributed by atoms with Gasteiger partial charge in [0.25, 0.3) is 0 Å². The van der Waals surface area contributed by atoms with Crippen LogP contribution in [0.25, 0.3) is 0 Å². The second kappa shape index (κ2) is 5.11. The van der Waals surface area contributed by atoms with Crippen LogP contribution in [-0.4, -0.2) is 35.4 Å². The number of carbonyl (C=O) groups excluding carboxylic acids is 1. The fraction of sp³-hybridized carbons (Fsp3) is 0.733. The normalized spacial score (nSPS) is 27.4. The van der Waals surface area contributed by atoms with Gasteiger partial charge in [-0.2, -0.15) is 0 Å². The number of piperidine rings is 1. The molecule has 20 heavy (non-hydrogen) atoms. The highest BCUT2D eigenvalue weighted by Crippen LogP contribution is 2.48. The number of fused-ring (bicyclic) bond motifs is 1. The molecule has 1 N–H and O–H groups in total. The van der Waals surface area contributed by atoms with E-state index in [1.54, 1.807) is 11.3 Å². The largest absolute Gasteiger partial charge is 0.333 e. The number of carbonyl (C=O) groups is 1. The molecule has 2 aliphatic heterocycles. The Bertz CT molecular complexity index is 505. The lowest BCUT2D eigenvalue weighted by molar-refractivity contribution is -0.140. The number of amides is 1. The number of nitrogens with zero attached hydrogens (tertiary/aromatic N) is 2. The Balaban J connectivity index is 1.59. The zero-order chi connectivity index (χ0) is 13.5. The van der Waals surface area contributed by atoms with Gasteiger partial charge < -0.3 is 10.2 Å². The lowest BCUT2D eigenvalue weighted by Crippen LogP contribution is -2.46. The molecule has 0 spiro atoms. The maximum Gasteiger partial charge on any atom is 0.226 e. The maximum atomic E-state index is 12.9. The topological polar surface area (TPSA) is 45.2 Å². The first kappa shape index (κ1) is 12.8. The first-order chi connectivity index (χ1) is 9.84. The van der Waals surface area contributed by atoms with Gasteiger partial charge in [0.2, 0.25) is 5.91 Å². The van der Waals surface area contributed by atoms with Crippen LogP contribution in [0.5, 0.6) is 0 Å². The standard InChI is InChI=1S/C15H21N3OS/c19-15(11-3-6-16-7-4-11)18-8-5-12-13(17-9-20-12)14(18)10-1-2-10/h9-11,14,16H,1-8H2. The third-order valence-electron chi connectivity index (χ3n) is 4.91. The third-order valence-corrected chi connectivity index (χ3v) is 5.82. The molecule has 5 heteroatoms. The van der Waals surface area contributed by atoms with Gasteiger partial charge in [0.05, 0.1) is 17.2 Å². The first-order valence-electron chi connectivity index (χ1n) is 7.78. The van der Waals surface area contributed by atoms with Crippen LogP contribution in [0.4, 0.5) is 0 Å². The van der Waals surface area contributed by atoms with Crippen molar-refractivity contribution in [3.05, 3.63) is 16.1 Å². The molecule has 3 heterocycles. The van der Waals surface area contributed by atoms with Gasteiger partial charge in [-0.25, -0.2) is 4.98 Å². The van der Waals surface area contributed by atoms with E-state index in [1.807, 2.05) is 5.51 Å². The number of hydrogen-bond donors (Lipinski definition) is 1. The molecular weight excluding hydrogens is 270 g/mol. The monoisotopic (exact) mass is 291 g/mol. The highest BCUT2D eigenvalue weighted by atomic mass is 32.1. The Labute approximate surface area is 123 Å². The lowest BCUT2D eigenvalue weighted by Gasteiger charge is -2.38. The predicted molar refractivity (Wildman–Crippen MR) is 78.6 cm³/mol. The minimum Gasteiger partial charge on any atom is -0.333 e. The minimum atomic E-state index is 0.234. The van der Waals surface area contributed by atoms with Crippen molar-refractivity contribution in [2.45, 2.75) is 38.1 Å². The van der Waals surface area contributed by atoms with Crippen molar-refractivity contribution in [3.8, 4) is 0 Å². The lowest BCUT2D eigenvalue weighted by atomic mass is 9.92. The maximum absolute atomic E-state index is 12.9. The molecule has 3 aliphatic rings. The minimum absolute atomic E-state index is 0.234. The summed E-state index contributed by atoms with van der Waals surface area (Å²) in [7, 11) is 0. The van der Waals surface area contributed by atoms with Gasteiger partial charge in [-0.05, 0) is 44.7 Å². The van der Waals surface area contributed by atoms with E-state index in [2.05, 4.69) is 15.2 Å². The van der Waals surface area contributed by atoms with Crippen molar-refractivity contribution in [3.63, 3.8) is 0 Å². The first-order valence-corrected chi connectivity index (χ1v) is 8.66. The van der Waals surface area contributed by atoms with Crippen LogP contribution in [0.15, 0.2) is 5.51 Å². The number of thiazole rings is 1. The smallest absolute Gasteiger partial charge is 0.226 e. The molecule has 1 aromatic heterocycles. The molecule has 108 valence electrons. The molecule has 1 saturated heterocycles. The molecule has 1 unspecified atom stereocenters. The highest BCUT2D eigenvalue weighted by molar-refractivity contribution is 7.09. The van der Waals surface area contributed by atoms with Crippen molar-refractivity contribution < 1.29 is 4.79 Å². The molecular formula is C15H21N3OS. The van der Waals surface area contributed by atoms with E-state index < -0.39 is 0 Å². The predicted octanol–water partition coefficient (Wildman–Crippen LogP) is 1.98. The van der Waals surface area contributed by atoms with Gasteiger partial charge in [-0.3, -0.25) is 4.79 Å². The third kappa shape index (κ3) is 2.17. The van der Waals surface area contributed by atoms with Gasteiger partial charge in [0.15, 0.2) is 0 Å². The summed E-state index contributed by atoms with van der Waals surface area (Å²) in [6, 6.07) is 0.285. The van der Waals surface area contributed by atoms with E-state index in [0.717, 1.165) is 38.9 Å². The fourth-order valence-corrected chi connectivity index (χ4v) is 4.45. The second-order valence-corrected chi connectivity index (χ2v) is 7.19. The molecule has 1 aliphatic carbocycles. The Kier molecular flexibility index (Phi) is 3.27. The van der Waals surface area contributed by atoms with Crippen LogP contribution < -0.4 is 5.32 Å². The summed E-state index contributed by atoms with van der Waals surface area (Å²) in [6.45, 7) is 2.87. The van der Waals surface area contributed by atoms with Crippen molar-refractivity contribution >= 4 is 17.2 Å². The summed E-state index contributed by atoms with van der Waals surface area (Å²) in [5.41, 5.74) is 3.17. The van der Waals surface area contributed by atoms with Crippen LogP contribution in [0.1, 0.15) is 42.3 Å². The molecule has 0 bridgehead atoms. The van der Waals surface area contributed by atoms with E-state index in [0.29, 0.717) is 11.8 Å². The average molecular weight is 291 g/mol. The molecule has 1 aromatic rings. The summed E-state index contributed by atoms with van der Waals surface area (Å²) in [5.74, 6) is 1.29. The molecule has 4 nitrogen and oxygen atoms in total. The van der Waals surface area contributed by atoms with Crippen LogP contribution in [0.2, 0.25) is 0 Å². The van der Waals surface area contributed by atoms with Crippen LogP contribution >= 0.6 is 11.3 Å². The molecule has 2 fully saturated rings. The molecule has 1 atom stereocenters. The number of rotatable bonds is 2. The van der Waals surface area contributed by atoms with Crippen molar-refractivity contribution in [1.82, 2.24) is 15.2 Å². The SMILES string of the molecule is O=C(C1CCNCC1)N1CCc2scnc2C1C1CC1. The number of hydrogen-bond acceptors (Lipinski definition) is 4. The van der Waals surface area contributed by atoms with E-state index in [4.69, 9.17) is 0 Å². The summed E-state index contributed by atoms with van der Waals surface area (Å²) in [6.07, 6.45) is 5.52. The summed E-state index contributed by atoms with van der Waals surface area (Å²) in [5, 5.41) is 3.35. The van der Waals surface area contributed by atoms with Crippen LogP contribution in [-0.2, 0) is 11.2 Å². The Hall–Kier alpha value is -0.940. The molecule has 4 rings (SSSR count). The average Bonchev–Trinajstić information content (AvgIpc) is 3.23. The van der Waals surface area contributed by atoms with Crippen molar-refractivity contribution in [2.75, 3.05) is 19.6 Å². The van der Waals surface area contributed by atoms with E-state index in [9.17, 15) is 4.79 Å². The highest BCUT2D eigenvalue weighted by Gasteiger charge is 2.44. The van der Waals surface area contributed by atoms with Crippen molar-refractivity contribution in [2.24, 2.45) is 11.8 Å². The van der Waals surface area contributed by atoms with Crippen LogP contribution in [0, 0.1) is 11.8 Å². The Morgan fingerprint density at radius 1 is 1.30 bits per heavy atom. The number of nitrogens with one attached hydrogen (secondary N) is 1. The van der Waals surface area contributed by atoms with E-state index in [1.165, 1.54) is 23.4 Å². The van der Waals surface area contributed by atoms with Crippen LogP contribution in [0.3, 0.4) is 0 Å². The Morgan fingerprint density at radius 2 is 2.10 bits per heavy atom. The molecule has 0 radical (unpaired) electrons. The van der Waals surface area contributed by atoms with Gasteiger partial charge in [0.1, 0.15) is 0 Å². The zero-order valence-corrected chi connectivity index (χ0v) is 12.5. The van der Waals surface area contributed by atoms with Gasteiger partial charge in [-0.1, -0.05) is 0 Å². The Morgan fingerprint density at radius 3 is 2.85 bits per heavy atom. The van der Waals surface area contributed by atoms with Gasteiger partial charge >= 0.3 is 0 Å². The van der Waals surface area contributed by atoms with Crippen molar-refractivity contribution in [1.29, 1.82) is 0 Å².